The third kappa shape index (κ3) is 4.57. The summed E-state index contributed by atoms with van der Waals surface area (Å²) in [5, 5.41) is 5.45. The van der Waals surface area contributed by atoms with Gasteiger partial charge in [0.1, 0.15) is 6.42 Å². The summed E-state index contributed by atoms with van der Waals surface area (Å²) in [6.07, 6.45) is 0.699. The highest BCUT2D eigenvalue weighted by molar-refractivity contribution is 6.03. The molecule has 1 aromatic rings. The van der Waals surface area contributed by atoms with Crippen molar-refractivity contribution in [3.63, 3.8) is 0 Å². The molecule has 4 nitrogen and oxygen atoms in total. The van der Waals surface area contributed by atoms with E-state index < -0.39 is 0 Å². The van der Waals surface area contributed by atoms with Crippen LogP contribution in [0.25, 0.3) is 0 Å². The summed E-state index contributed by atoms with van der Waals surface area (Å²) in [6.45, 7) is 5.75. The number of rotatable bonds is 5. The van der Waals surface area contributed by atoms with E-state index in [2.05, 4.69) is 10.6 Å². The maximum atomic E-state index is 11.7. The number of carbonyl (C=O) groups excluding carboxylic acids is 2. The third-order valence-electron chi connectivity index (χ3n) is 2.44. The zero-order valence-electron chi connectivity index (χ0n) is 11.1. The Morgan fingerprint density at radius 1 is 1.17 bits per heavy atom. The number of carbonyl (C=O) groups is 2. The second-order valence-electron chi connectivity index (χ2n) is 4.46. The Balaban J connectivity index is 2.57. The van der Waals surface area contributed by atoms with Crippen LogP contribution in [0.5, 0.6) is 0 Å². The van der Waals surface area contributed by atoms with Crippen LogP contribution in [0.2, 0.25) is 0 Å². The molecule has 0 aromatic heterocycles. The Hall–Kier alpha value is -1.84. The minimum Gasteiger partial charge on any atom is -0.353 e. The van der Waals surface area contributed by atoms with Crippen LogP contribution >= 0.6 is 0 Å². The lowest BCUT2D eigenvalue weighted by molar-refractivity contribution is -0.127. The van der Waals surface area contributed by atoms with Gasteiger partial charge in [-0.1, -0.05) is 25.1 Å². The van der Waals surface area contributed by atoms with Crippen LogP contribution in [-0.4, -0.2) is 17.9 Å². The first kappa shape index (κ1) is 14.2. The number of nitrogens with one attached hydrogen (secondary N) is 2. The van der Waals surface area contributed by atoms with Crippen molar-refractivity contribution in [2.24, 2.45) is 0 Å². The summed E-state index contributed by atoms with van der Waals surface area (Å²) < 4.78 is 0. The lowest BCUT2D eigenvalue weighted by Gasteiger charge is -2.11. The molecule has 0 aliphatic carbocycles. The summed E-state index contributed by atoms with van der Waals surface area (Å²) >= 11 is 0. The Morgan fingerprint density at radius 2 is 1.83 bits per heavy atom. The molecule has 0 heterocycles. The Kier molecular flexibility index (Phi) is 5.36. The van der Waals surface area contributed by atoms with Crippen molar-refractivity contribution in [3.05, 3.63) is 29.8 Å². The van der Waals surface area contributed by atoms with E-state index >= 15 is 0 Å². The van der Waals surface area contributed by atoms with Crippen LogP contribution in [0.15, 0.2) is 24.3 Å². The Bertz CT molecular complexity index is 428. The zero-order valence-corrected chi connectivity index (χ0v) is 11.1. The highest BCUT2D eigenvalue weighted by Crippen LogP contribution is 2.15. The van der Waals surface area contributed by atoms with E-state index in [1.54, 1.807) is 0 Å². The zero-order chi connectivity index (χ0) is 13.5. The second-order valence-corrected chi connectivity index (χ2v) is 4.46. The summed E-state index contributed by atoms with van der Waals surface area (Å²) in [6, 6.07) is 7.65. The van der Waals surface area contributed by atoms with Crippen molar-refractivity contribution in [3.8, 4) is 0 Å². The lowest BCUT2D eigenvalue weighted by Crippen LogP contribution is -2.33. The smallest absolute Gasteiger partial charge is 0.233 e. The molecule has 0 spiro atoms. The van der Waals surface area contributed by atoms with Crippen molar-refractivity contribution < 1.29 is 9.59 Å². The first-order valence-electron chi connectivity index (χ1n) is 6.20. The Morgan fingerprint density at radius 3 is 2.44 bits per heavy atom. The monoisotopic (exact) mass is 248 g/mol. The SMILES string of the molecule is CCc1ccccc1NC(=O)CC(=O)NC(C)C. The van der Waals surface area contributed by atoms with Gasteiger partial charge >= 0.3 is 0 Å². The molecule has 0 fully saturated rings. The highest BCUT2D eigenvalue weighted by atomic mass is 16.2. The molecule has 2 amide bonds. The van der Waals surface area contributed by atoms with Crippen LogP contribution in [0.4, 0.5) is 5.69 Å². The second kappa shape index (κ2) is 6.79. The van der Waals surface area contributed by atoms with Crippen molar-refractivity contribution in [2.45, 2.75) is 39.7 Å². The largest absolute Gasteiger partial charge is 0.353 e. The highest BCUT2D eigenvalue weighted by Gasteiger charge is 2.11. The van der Waals surface area contributed by atoms with Crippen LogP contribution in [0.1, 0.15) is 32.8 Å². The van der Waals surface area contributed by atoms with Gasteiger partial charge in [-0.25, -0.2) is 0 Å². The molecule has 0 aliphatic rings. The van der Waals surface area contributed by atoms with Crippen LogP contribution in [0.3, 0.4) is 0 Å². The predicted molar refractivity (Wildman–Crippen MR) is 72.3 cm³/mol. The van der Waals surface area contributed by atoms with E-state index in [9.17, 15) is 9.59 Å². The predicted octanol–water partition coefficient (Wildman–Crippen LogP) is 2.10. The van der Waals surface area contributed by atoms with Gasteiger partial charge in [0.15, 0.2) is 0 Å². The summed E-state index contributed by atoms with van der Waals surface area (Å²) in [4.78, 5) is 23.1. The first-order chi connectivity index (χ1) is 8.52. The average Bonchev–Trinajstić information content (AvgIpc) is 2.28. The van der Waals surface area contributed by atoms with Crippen LogP contribution < -0.4 is 10.6 Å². The average molecular weight is 248 g/mol. The van der Waals surface area contributed by atoms with Crippen LogP contribution in [0, 0.1) is 0 Å². The van der Waals surface area contributed by atoms with E-state index in [0.29, 0.717) is 0 Å². The van der Waals surface area contributed by atoms with Crippen LogP contribution in [-0.2, 0) is 16.0 Å². The van der Waals surface area contributed by atoms with Gasteiger partial charge in [0.05, 0.1) is 0 Å². The molecule has 1 rings (SSSR count). The normalized spacial score (nSPS) is 10.2. The minimum atomic E-state index is -0.283. The number of amides is 2. The molecule has 4 heteroatoms. The fraction of sp³-hybridized carbons (Fsp3) is 0.429. The number of anilines is 1. The third-order valence-corrected chi connectivity index (χ3v) is 2.44. The Labute approximate surface area is 108 Å². The number of benzene rings is 1. The fourth-order valence-corrected chi connectivity index (χ4v) is 1.66. The fourth-order valence-electron chi connectivity index (χ4n) is 1.66. The van der Waals surface area contributed by atoms with Gasteiger partial charge in [-0.05, 0) is 31.9 Å². The van der Waals surface area contributed by atoms with Crippen molar-refractivity contribution >= 4 is 17.5 Å². The van der Waals surface area contributed by atoms with Crippen molar-refractivity contribution in [1.29, 1.82) is 0 Å². The van der Waals surface area contributed by atoms with Gasteiger partial charge in [0.2, 0.25) is 11.8 Å². The molecule has 0 bridgehead atoms. The first-order valence-corrected chi connectivity index (χ1v) is 6.20. The molecule has 0 saturated carbocycles. The van der Waals surface area contributed by atoms with Gasteiger partial charge < -0.3 is 10.6 Å². The summed E-state index contributed by atoms with van der Waals surface area (Å²) in [5.41, 5.74) is 1.84. The number of para-hydroxylation sites is 1. The molecule has 0 saturated heterocycles. The molecule has 18 heavy (non-hydrogen) atoms. The molecule has 2 N–H and O–H groups in total. The quantitative estimate of drug-likeness (QED) is 0.784. The number of hydrogen-bond acceptors (Lipinski definition) is 2. The van der Waals surface area contributed by atoms with E-state index in [-0.39, 0.29) is 24.3 Å². The molecular weight excluding hydrogens is 228 g/mol. The summed E-state index contributed by atoms with van der Waals surface area (Å²) in [5.74, 6) is -0.537. The van der Waals surface area contributed by atoms with Gasteiger partial charge in [-0.2, -0.15) is 0 Å². The number of hydrogen-bond donors (Lipinski definition) is 2. The maximum absolute atomic E-state index is 11.7. The standard InChI is InChI=1S/C14H20N2O2/c1-4-11-7-5-6-8-12(11)16-14(18)9-13(17)15-10(2)3/h5-8,10H,4,9H2,1-3H3,(H,15,17)(H,16,18). The van der Waals surface area contributed by atoms with E-state index in [1.807, 2.05) is 45.0 Å². The van der Waals surface area contributed by atoms with Gasteiger partial charge in [0, 0.05) is 11.7 Å². The lowest BCUT2D eigenvalue weighted by atomic mass is 10.1. The van der Waals surface area contributed by atoms with Gasteiger partial charge in [-0.15, -0.1) is 0 Å². The molecule has 0 atom stereocenters. The summed E-state index contributed by atoms with van der Waals surface area (Å²) in [7, 11) is 0. The molecule has 0 aliphatic heterocycles. The van der Waals surface area contributed by atoms with E-state index in [4.69, 9.17) is 0 Å². The van der Waals surface area contributed by atoms with E-state index in [1.165, 1.54) is 0 Å². The molecule has 0 unspecified atom stereocenters. The molecular formula is C14H20N2O2. The van der Waals surface area contributed by atoms with E-state index in [0.717, 1.165) is 17.7 Å². The van der Waals surface area contributed by atoms with Crippen molar-refractivity contribution in [2.75, 3.05) is 5.32 Å². The molecule has 0 radical (unpaired) electrons. The molecule has 1 aromatic carbocycles. The van der Waals surface area contributed by atoms with Gasteiger partial charge in [-0.3, -0.25) is 9.59 Å². The molecule has 98 valence electrons. The van der Waals surface area contributed by atoms with Gasteiger partial charge in [0.25, 0.3) is 0 Å². The van der Waals surface area contributed by atoms with Crippen molar-refractivity contribution in [1.82, 2.24) is 5.32 Å². The minimum absolute atomic E-state index is 0.0493. The maximum Gasteiger partial charge on any atom is 0.233 e. The topological polar surface area (TPSA) is 58.2 Å². The number of aryl methyl sites for hydroxylation is 1.